The van der Waals surface area contributed by atoms with E-state index in [0.717, 1.165) is 6.42 Å². The standard InChI is InChI=1S/C8H19ClO2Si/c1-5-8(9)12(4,10-6-2)11-7-3/h8H,5-7H2,1-4H3. The van der Waals surface area contributed by atoms with Gasteiger partial charge >= 0.3 is 8.56 Å². The SMILES string of the molecule is CCO[Si](C)(OCC)C(Cl)CC. The first kappa shape index (κ1) is 12.4. The highest BCUT2D eigenvalue weighted by Gasteiger charge is 2.38. The third-order valence-corrected chi connectivity index (χ3v) is 6.56. The molecular formula is C8H19ClO2Si. The number of hydrogen-bond acceptors (Lipinski definition) is 2. The van der Waals surface area contributed by atoms with Crippen LogP contribution in [0.2, 0.25) is 6.55 Å². The summed E-state index contributed by atoms with van der Waals surface area (Å²) in [6.07, 6.45) is 0.907. The lowest BCUT2D eigenvalue weighted by atomic mass is 10.6. The van der Waals surface area contributed by atoms with Crippen LogP contribution in [0.5, 0.6) is 0 Å². The first-order valence-electron chi connectivity index (χ1n) is 4.52. The zero-order valence-corrected chi connectivity index (χ0v) is 10.1. The van der Waals surface area contributed by atoms with Crippen LogP contribution in [-0.2, 0) is 8.85 Å². The van der Waals surface area contributed by atoms with Crippen LogP contribution in [0.15, 0.2) is 0 Å². The molecule has 2 nitrogen and oxygen atoms in total. The molecule has 0 heterocycles. The molecule has 0 aliphatic rings. The first-order valence-corrected chi connectivity index (χ1v) is 7.35. The normalized spacial score (nSPS) is 14.8. The number of rotatable bonds is 6. The van der Waals surface area contributed by atoms with Gasteiger partial charge in [-0.15, -0.1) is 11.6 Å². The molecule has 0 rings (SSSR count). The topological polar surface area (TPSA) is 18.5 Å². The molecule has 0 aromatic rings. The molecule has 0 N–H and O–H groups in total. The Kier molecular flexibility index (Phi) is 6.18. The fraction of sp³-hybridized carbons (Fsp3) is 1.00. The molecule has 0 spiro atoms. The molecule has 1 atom stereocenters. The van der Waals surface area contributed by atoms with Gasteiger partial charge in [-0.25, -0.2) is 0 Å². The van der Waals surface area contributed by atoms with Crippen molar-refractivity contribution < 1.29 is 8.85 Å². The van der Waals surface area contributed by atoms with Gasteiger partial charge in [0.05, 0.1) is 5.00 Å². The van der Waals surface area contributed by atoms with E-state index in [2.05, 4.69) is 6.92 Å². The van der Waals surface area contributed by atoms with Crippen LogP contribution in [0.25, 0.3) is 0 Å². The van der Waals surface area contributed by atoms with E-state index >= 15 is 0 Å². The first-order chi connectivity index (χ1) is 5.60. The largest absolute Gasteiger partial charge is 0.394 e. The van der Waals surface area contributed by atoms with Gasteiger partial charge in [0.1, 0.15) is 0 Å². The third-order valence-electron chi connectivity index (χ3n) is 1.79. The minimum Gasteiger partial charge on any atom is -0.394 e. The van der Waals surface area contributed by atoms with Gasteiger partial charge in [0.2, 0.25) is 0 Å². The van der Waals surface area contributed by atoms with E-state index < -0.39 is 8.56 Å². The second kappa shape index (κ2) is 5.97. The molecule has 0 fully saturated rings. The molecule has 74 valence electrons. The summed E-state index contributed by atoms with van der Waals surface area (Å²) in [5, 5.41) is 0.0531. The Morgan fingerprint density at radius 1 is 1.17 bits per heavy atom. The molecule has 0 saturated carbocycles. The molecule has 0 amide bonds. The Bertz CT molecular complexity index is 116. The van der Waals surface area contributed by atoms with Crippen molar-refractivity contribution in [2.75, 3.05) is 13.2 Å². The molecule has 0 radical (unpaired) electrons. The van der Waals surface area contributed by atoms with Crippen molar-refractivity contribution in [1.29, 1.82) is 0 Å². The summed E-state index contributed by atoms with van der Waals surface area (Å²) < 4.78 is 11.2. The van der Waals surface area contributed by atoms with Crippen LogP contribution < -0.4 is 0 Å². The lowest BCUT2D eigenvalue weighted by Gasteiger charge is -2.29. The van der Waals surface area contributed by atoms with E-state index in [4.69, 9.17) is 20.5 Å². The van der Waals surface area contributed by atoms with Crippen LogP contribution in [0.4, 0.5) is 0 Å². The highest BCUT2D eigenvalue weighted by atomic mass is 35.5. The van der Waals surface area contributed by atoms with Crippen LogP contribution in [0.1, 0.15) is 27.2 Å². The quantitative estimate of drug-likeness (QED) is 0.496. The predicted octanol–water partition coefficient (Wildman–Crippen LogP) is 2.69. The van der Waals surface area contributed by atoms with Gasteiger partial charge in [0, 0.05) is 13.2 Å². The average Bonchev–Trinajstić information content (AvgIpc) is 2.04. The molecule has 12 heavy (non-hydrogen) atoms. The molecule has 0 aromatic heterocycles. The van der Waals surface area contributed by atoms with E-state index in [-0.39, 0.29) is 5.00 Å². The van der Waals surface area contributed by atoms with Crippen molar-refractivity contribution >= 4 is 20.2 Å². The third kappa shape index (κ3) is 3.43. The zero-order valence-electron chi connectivity index (χ0n) is 8.39. The monoisotopic (exact) mass is 210 g/mol. The van der Waals surface area contributed by atoms with Crippen LogP contribution in [0, 0.1) is 0 Å². The van der Waals surface area contributed by atoms with Crippen molar-refractivity contribution in [2.45, 2.75) is 38.7 Å². The lowest BCUT2D eigenvalue weighted by molar-refractivity contribution is 0.186. The Morgan fingerprint density at radius 3 is 1.83 bits per heavy atom. The van der Waals surface area contributed by atoms with Crippen molar-refractivity contribution in [3.05, 3.63) is 0 Å². The van der Waals surface area contributed by atoms with Crippen LogP contribution in [-0.4, -0.2) is 26.8 Å². The van der Waals surface area contributed by atoms with Crippen molar-refractivity contribution in [2.24, 2.45) is 0 Å². The number of alkyl halides is 1. The maximum absolute atomic E-state index is 6.14. The molecular weight excluding hydrogens is 192 g/mol. The van der Waals surface area contributed by atoms with Gasteiger partial charge in [-0.1, -0.05) is 6.92 Å². The van der Waals surface area contributed by atoms with E-state index in [1.54, 1.807) is 0 Å². The molecule has 0 aromatic carbocycles. The molecule has 4 heteroatoms. The Labute approximate surface area is 81.5 Å². The van der Waals surface area contributed by atoms with Gasteiger partial charge in [-0.05, 0) is 26.8 Å². The second-order valence-electron chi connectivity index (χ2n) is 2.76. The van der Waals surface area contributed by atoms with E-state index in [1.807, 2.05) is 20.4 Å². The summed E-state index contributed by atoms with van der Waals surface area (Å²) in [5.41, 5.74) is 0. The van der Waals surface area contributed by atoms with Crippen LogP contribution >= 0.6 is 11.6 Å². The Morgan fingerprint density at radius 2 is 1.58 bits per heavy atom. The summed E-state index contributed by atoms with van der Waals surface area (Å²) in [6.45, 7) is 9.41. The maximum Gasteiger partial charge on any atom is 0.353 e. The highest BCUT2D eigenvalue weighted by Crippen LogP contribution is 2.20. The number of halogens is 1. The molecule has 0 aliphatic heterocycles. The average molecular weight is 211 g/mol. The minimum absolute atomic E-state index is 0.0531. The van der Waals surface area contributed by atoms with Gasteiger partial charge < -0.3 is 8.85 Å². The fourth-order valence-corrected chi connectivity index (χ4v) is 3.88. The fourth-order valence-electron chi connectivity index (χ4n) is 1.17. The van der Waals surface area contributed by atoms with Gasteiger partial charge in [-0.3, -0.25) is 0 Å². The van der Waals surface area contributed by atoms with Gasteiger partial charge in [0.25, 0.3) is 0 Å². The van der Waals surface area contributed by atoms with Crippen molar-refractivity contribution in [3.8, 4) is 0 Å². The highest BCUT2D eigenvalue weighted by molar-refractivity contribution is 6.75. The summed E-state index contributed by atoms with van der Waals surface area (Å²) >= 11 is 6.14. The van der Waals surface area contributed by atoms with Crippen molar-refractivity contribution in [3.63, 3.8) is 0 Å². The van der Waals surface area contributed by atoms with Gasteiger partial charge in [0.15, 0.2) is 0 Å². The summed E-state index contributed by atoms with van der Waals surface area (Å²) in [7, 11) is -2.09. The zero-order chi connectivity index (χ0) is 9.61. The minimum atomic E-state index is -2.09. The van der Waals surface area contributed by atoms with Crippen LogP contribution in [0.3, 0.4) is 0 Å². The molecule has 0 bridgehead atoms. The Balaban J connectivity index is 4.15. The lowest BCUT2D eigenvalue weighted by Crippen LogP contribution is -2.48. The predicted molar refractivity (Wildman–Crippen MR) is 54.8 cm³/mol. The smallest absolute Gasteiger partial charge is 0.353 e. The molecule has 1 unspecified atom stereocenters. The molecule has 0 saturated heterocycles. The Hall–Kier alpha value is 0.427. The van der Waals surface area contributed by atoms with E-state index in [1.165, 1.54) is 0 Å². The van der Waals surface area contributed by atoms with E-state index in [9.17, 15) is 0 Å². The summed E-state index contributed by atoms with van der Waals surface area (Å²) in [5.74, 6) is 0. The van der Waals surface area contributed by atoms with E-state index in [0.29, 0.717) is 13.2 Å². The van der Waals surface area contributed by atoms with Gasteiger partial charge in [-0.2, -0.15) is 0 Å². The maximum atomic E-state index is 6.14. The molecule has 0 aliphatic carbocycles. The number of hydrogen-bond donors (Lipinski definition) is 0. The second-order valence-corrected chi connectivity index (χ2v) is 6.96. The summed E-state index contributed by atoms with van der Waals surface area (Å²) in [4.78, 5) is 0. The summed E-state index contributed by atoms with van der Waals surface area (Å²) in [6, 6.07) is 0. The van der Waals surface area contributed by atoms with Crippen molar-refractivity contribution in [1.82, 2.24) is 0 Å².